The number of benzene rings is 1. The number of aliphatic hydroxyl groups is 1. The second-order valence-electron chi connectivity index (χ2n) is 6.98. The van der Waals surface area contributed by atoms with E-state index in [1.165, 1.54) is 50.9 Å². The van der Waals surface area contributed by atoms with Crippen molar-refractivity contribution >= 4 is 0 Å². The van der Waals surface area contributed by atoms with Crippen molar-refractivity contribution in [2.75, 3.05) is 19.6 Å². The molecule has 2 aliphatic rings. The molecule has 0 unspecified atom stereocenters. The SMILES string of the molecule is O[C@H]1CCCC[C@H]1NC1CCN(CCc2ccccc2)CC1. The van der Waals surface area contributed by atoms with Crippen LogP contribution in [0.25, 0.3) is 0 Å². The molecule has 0 spiro atoms. The van der Waals surface area contributed by atoms with E-state index < -0.39 is 0 Å². The lowest BCUT2D eigenvalue weighted by molar-refractivity contribution is 0.0766. The second kappa shape index (κ2) is 8.09. The van der Waals surface area contributed by atoms with Crippen molar-refractivity contribution in [2.45, 2.75) is 63.1 Å². The van der Waals surface area contributed by atoms with Gasteiger partial charge in [0.15, 0.2) is 0 Å². The largest absolute Gasteiger partial charge is 0.392 e. The van der Waals surface area contributed by atoms with Gasteiger partial charge in [-0.1, -0.05) is 43.2 Å². The van der Waals surface area contributed by atoms with Gasteiger partial charge in [0.05, 0.1) is 6.10 Å². The summed E-state index contributed by atoms with van der Waals surface area (Å²) in [6, 6.07) is 11.7. The minimum absolute atomic E-state index is 0.120. The number of rotatable bonds is 5. The molecule has 1 saturated heterocycles. The van der Waals surface area contributed by atoms with Crippen molar-refractivity contribution in [1.82, 2.24) is 10.2 Å². The van der Waals surface area contributed by atoms with Crippen LogP contribution >= 0.6 is 0 Å². The standard InChI is InChI=1S/C19H30N2O/c22-19-9-5-4-8-18(19)20-17-11-14-21(15-12-17)13-10-16-6-2-1-3-7-16/h1-3,6-7,17-20,22H,4-5,8-15H2/t18-,19+/m1/s1. The van der Waals surface area contributed by atoms with E-state index in [2.05, 4.69) is 40.5 Å². The Hall–Kier alpha value is -0.900. The van der Waals surface area contributed by atoms with E-state index in [0.717, 1.165) is 19.3 Å². The van der Waals surface area contributed by atoms with E-state index >= 15 is 0 Å². The van der Waals surface area contributed by atoms with Gasteiger partial charge in [0.2, 0.25) is 0 Å². The fourth-order valence-electron chi connectivity index (χ4n) is 3.86. The van der Waals surface area contributed by atoms with Crippen LogP contribution in [0, 0.1) is 0 Å². The third-order valence-electron chi connectivity index (χ3n) is 5.33. The van der Waals surface area contributed by atoms with Gasteiger partial charge >= 0.3 is 0 Å². The first-order valence-corrected chi connectivity index (χ1v) is 9.01. The fraction of sp³-hybridized carbons (Fsp3) is 0.684. The minimum atomic E-state index is -0.120. The van der Waals surface area contributed by atoms with Gasteiger partial charge in [-0.2, -0.15) is 0 Å². The van der Waals surface area contributed by atoms with Crippen LogP contribution in [0.4, 0.5) is 0 Å². The van der Waals surface area contributed by atoms with Gasteiger partial charge in [-0.25, -0.2) is 0 Å². The molecule has 0 aromatic heterocycles. The monoisotopic (exact) mass is 302 g/mol. The zero-order chi connectivity index (χ0) is 15.2. The Labute approximate surface area is 134 Å². The van der Waals surface area contributed by atoms with Gasteiger partial charge in [0.25, 0.3) is 0 Å². The summed E-state index contributed by atoms with van der Waals surface area (Å²) in [7, 11) is 0. The van der Waals surface area contributed by atoms with Gasteiger partial charge < -0.3 is 15.3 Å². The second-order valence-corrected chi connectivity index (χ2v) is 6.98. The molecule has 3 heteroatoms. The Kier molecular flexibility index (Phi) is 5.88. The average Bonchev–Trinajstić information content (AvgIpc) is 2.57. The number of nitrogens with one attached hydrogen (secondary N) is 1. The fourth-order valence-corrected chi connectivity index (χ4v) is 3.86. The van der Waals surface area contributed by atoms with Crippen LogP contribution in [0.1, 0.15) is 44.1 Å². The lowest BCUT2D eigenvalue weighted by Crippen LogP contribution is -2.51. The van der Waals surface area contributed by atoms with Crippen molar-refractivity contribution in [3.8, 4) is 0 Å². The number of hydrogen-bond donors (Lipinski definition) is 2. The maximum absolute atomic E-state index is 10.1. The summed E-state index contributed by atoms with van der Waals surface area (Å²) in [6.45, 7) is 3.55. The molecule has 2 N–H and O–H groups in total. The predicted octanol–water partition coefficient (Wildman–Crippen LogP) is 2.59. The summed E-state index contributed by atoms with van der Waals surface area (Å²) in [5.74, 6) is 0. The van der Waals surface area contributed by atoms with Crippen LogP contribution in [-0.4, -0.2) is 47.8 Å². The topological polar surface area (TPSA) is 35.5 Å². The first kappa shape index (κ1) is 16.0. The van der Waals surface area contributed by atoms with Crippen LogP contribution in [0.2, 0.25) is 0 Å². The van der Waals surface area contributed by atoms with Crippen LogP contribution < -0.4 is 5.32 Å². The Balaban J connectivity index is 1.37. The van der Waals surface area contributed by atoms with Gasteiger partial charge in [-0.05, 0) is 50.8 Å². The van der Waals surface area contributed by atoms with Crippen LogP contribution in [0.15, 0.2) is 30.3 Å². The molecule has 3 rings (SSSR count). The van der Waals surface area contributed by atoms with E-state index in [1.54, 1.807) is 0 Å². The Morgan fingerprint density at radius 3 is 2.45 bits per heavy atom. The van der Waals surface area contributed by atoms with Crippen LogP contribution in [0.5, 0.6) is 0 Å². The highest BCUT2D eigenvalue weighted by Gasteiger charge is 2.27. The summed E-state index contributed by atoms with van der Waals surface area (Å²) in [4.78, 5) is 2.59. The molecular weight excluding hydrogens is 272 g/mol. The van der Waals surface area contributed by atoms with E-state index in [1.807, 2.05) is 0 Å². The van der Waals surface area contributed by atoms with Crippen molar-refractivity contribution in [3.05, 3.63) is 35.9 Å². The van der Waals surface area contributed by atoms with Gasteiger partial charge in [0.1, 0.15) is 0 Å². The number of nitrogens with zero attached hydrogens (tertiary/aromatic N) is 1. The molecule has 0 radical (unpaired) electrons. The van der Waals surface area contributed by atoms with Crippen molar-refractivity contribution in [2.24, 2.45) is 0 Å². The highest BCUT2D eigenvalue weighted by atomic mass is 16.3. The van der Waals surface area contributed by atoms with Gasteiger partial charge in [-0.15, -0.1) is 0 Å². The van der Waals surface area contributed by atoms with Gasteiger partial charge in [0, 0.05) is 18.6 Å². The van der Waals surface area contributed by atoms with Crippen LogP contribution in [-0.2, 0) is 6.42 Å². The van der Waals surface area contributed by atoms with Crippen molar-refractivity contribution < 1.29 is 5.11 Å². The first-order valence-electron chi connectivity index (χ1n) is 9.01. The molecule has 1 heterocycles. The smallest absolute Gasteiger partial charge is 0.0693 e. The van der Waals surface area contributed by atoms with E-state index in [4.69, 9.17) is 0 Å². The maximum atomic E-state index is 10.1. The molecule has 2 fully saturated rings. The van der Waals surface area contributed by atoms with E-state index in [-0.39, 0.29) is 6.10 Å². The Morgan fingerprint density at radius 2 is 1.73 bits per heavy atom. The minimum Gasteiger partial charge on any atom is -0.392 e. The summed E-state index contributed by atoms with van der Waals surface area (Å²) >= 11 is 0. The summed E-state index contributed by atoms with van der Waals surface area (Å²) in [5, 5.41) is 13.8. The van der Waals surface area contributed by atoms with Crippen molar-refractivity contribution in [1.29, 1.82) is 0 Å². The predicted molar refractivity (Wildman–Crippen MR) is 91.0 cm³/mol. The molecule has 22 heavy (non-hydrogen) atoms. The average molecular weight is 302 g/mol. The number of likely N-dealkylation sites (tertiary alicyclic amines) is 1. The number of aliphatic hydroxyl groups excluding tert-OH is 1. The molecule has 2 atom stereocenters. The highest BCUT2D eigenvalue weighted by molar-refractivity contribution is 5.14. The van der Waals surface area contributed by atoms with Gasteiger partial charge in [-0.3, -0.25) is 0 Å². The first-order chi connectivity index (χ1) is 10.8. The molecular formula is C19H30N2O. The molecule has 122 valence electrons. The zero-order valence-electron chi connectivity index (χ0n) is 13.6. The van der Waals surface area contributed by atoms with Crippen molar-refractivity contribution in [3.63, 3.8) is 0 Å². The third-order valence-corrected chi connectivity index (χ3v) is 5.33. The van der Waals surface area contributed by atoms with E-state index in [0.29, 0.717) is 12.1 Å². The lowest BCUT2D eigenvalue weighted by Gasteiger charge is -2.37. The molecule has 1 aromatic rings. The molecule has 1 saturated carbocycles. The maximum Gasteiger partial charge on any atom is 0.0693 e. The molecule has 0 bridgehead atoms. The van der Waals surface area contributed by atoms with Crippen LogP contribution in [0.3, 0.4) is 0 Å². The molecule has 1 aliphatic heterocycles. The molecule has 0 amide bonds. The highest BCUT2D eigenvalue weighted by Crippen LogP contribution is 2.21. The Morgan fingerprint density at radius 1 is 1.00 bits per heavy atom. The third kappa shape index (κ3) is 4.55. The zero-order valence-corrected chi connectivity index (χ0v) is 13.6. The Bertz CT molecular complexity index is 428. The molecule has 1 aromatic carbocycles. The summed E-state index contributed by atoms with van der Waals surface area (Å²) in [5.41, 5.74) is 1.44. The quantitative estimate of drug-likeness (QED) is 0.877. The summed E-state index contributed by atoms with van der Waals surface area (Å²) in [6.07, 6.45) is 8.06. The molecule has 3 nitrogen and oxygen atoms in total. The number of hydrogen-bond acceptors (Lipinski definition) is 3. The lowest BCUT2D eigenvalue weighted by atomic mass is 9.91. The van der Waals surface area contributed by atoms with E-state index in [9.17, 15) is 5.11 Å². The number of piperidine rings is 1. The normalized spacial score (nSPS) is 27.9. The summed E-state index contributed by atoms with van der Waals surface area (Å²) < 4.78 is 0. The molecule has 1 aliphatic carbocycles.